The number of hydrogen-bond acceptors (Lipinski definition) is 6. The first kappa shape index (κ1) is 53.5. The van der Waals surface area contributed by atoms with Crippen LogP contribution in [0.3, 0.4) is 0 Å². The number of phenolic OH excluding ortho intramolecular Hbond substituents is 2. The Bertz CT molecular complexity index is 2390. The number of phenols is 2. The first-order valence-electron chi connectivity index (χ1n) is 28.8. The van der Waals surface area contributed by atoms with Crippen molar-refractivity contribution in [2.45, 2.75) is 189 Å². The van der Waals surface area contributed by atoms with Crippen molar-refractivity contribution in [2.75, 3.05) is 45.8 Å². The van der Waals surface area contributed by atoms with Crippen LogP contribution in [-0.2, 0) is 34.1 Å². The Hall–Kier alpha value is -2.86. The molecule has 2 saturated heterocycles. The monoisotopic (exact) mass is 1100 g/mol. The number of halogens is 2. The van der Waals surface area contributed by atoms with E-state index in [4.69, 9.17) is 0 Å². The fourth-order valence-corrected chi connectivity index (χ4v) is 23.1. The molecule has 2 atom stereocenters. The van der Waals surface area contributed by atoms with Crippen LogP contribution >= 0.6 is 24.8 Å². The molecule has 8 aliphatic carbocycles. The van der Waals surface area contributed by atoms with Crippen molar-refractivity contribution >= 4 is 47.6 Å². The van der Waals surface area contributed by atoms with Gasteiger partial charge in [-0.05, 0) is 0 Å². The smallest absolute Gasteiger partial charge is 0.147 e. The number of rotatable bonds is 12. The standard InChI is InChI=1S/2C32H43N2O.2ClH.Zr/c2*1-20(2)26-7-6-8-27(21(3)4)30(26)34-10-9-33(19-34)29-12-22(5)11-28(31(29)35)32-16-23-13-24(17-32)15-25(14-23)18-32;;;/h2*6-8,11-12,19-21,23-25,35H,9-10,13-18H2,1-5H3;2*1H;. The summed E-state index contributed by atoms with van der Waals surface area (Å²) < 4.78 is 0.230. The number of hydrogen-bond donors (Lipinski definition) is 2. The Morgan fingerprint density at radius 2 is 0.712 bits per heavy atom. The van der Waals surface area contributed by atoms with Crippen LogP contribution in [0, 0.1) is 49.4 Å². The van der Waals surface area contributed by atoms with Crippen molar-refractivity contribution in [2.24, 2.45) is 35.5 Å². The molecular formula is C64H88Cl2N4O2Zr. The van der Waals surface area contributed by atoms with Crippen molar-refractivity contribution in [3.05, 3.63) is 105 Å². The van der Waals surface area contributed by atoms with E-state index in [9.17, 15) is 10.2 Å². The van der Waals surface area contributed by atoms with Gasteiger partial charge in [0.1, 0.15) is 0 Å². The minimum absolute atomic E-state index is 0. The van der Waals surface area contributed by atoms with Crippen LogP contribution in [0.5, 0.6) is 11.5 Å². The molecule has 10 fully saturated rings. The Morgan fingerprint density at radius 3 is 0.986 bits per heavy atom. The number of anilines is 4. The first-order chi connectivity index (χ1) is 34.0. The van der Waals surface area contributed by atoms with Crippen LogP contribution < -0.4 is 19.6 Å². The van der Waals surface area contributed by atoms with Crippen molar-refractivity contribution in [1.82, 2.24) is 0 Å². The van der Waals surface area contributed by atoms with Gasteiger partial charge in [-0.15, -0.1) is 24.8 Å². The van der Waals surface area contributed by atoms with Gasteiger partial charge < -0.3 is 0 Å². The zero-order valence-electron chi connectivity index (χ0n) is 46.0. The van der Waals surface area contributed by atoms with Gasteiger partial charge in [-0.2, -0.15) is 0 Å². The van der Waals surface area contributed by atoms with E-state index < -0.39 is 23.2 Å². The van der Waals surface area contributed by atoms with Crippen LogP contribution in [0.2, 0.25) is 0 Å². The van der Waals surface area contributed by atoms with Crippen LogP contribution in [0.25, 0.3) is 0 Å². The van der Waals surface area contributed by atoms with E-state index in [1.54, 1.807) is 0 Å². The molecule has 73 heavy (non-hydrogen) atoms. The summed E-state index contributed by atoms with van der Waals surface area (Å²) in [7, 11) is 0. The third kappa shape index (κ3) is 9.09. The Labute approximate surface area is 464 Å². The van der Waals surface area contributed by atoms with Crippen LogP contribution in [-0.4, -0.2) is 44.1 Å². The molecule has 8 saturated carbocycles. The number of aromatic hydroxyl groups is 2. The Morgan fingerprint density at radius 1 is 0.438 bits per heavy atom. The summed E-state index contributed by atoms with van der Waals surface area (Å²) in [5.74, 6) is 7.48. The van der Waals surface area contributed by atoms with Crippen LogP contribution in [0.4, 0.5) is 22.7 Å². The van der Waals surface area contributed by atoms with Gasteiger partial charge in [0.15, 0.2) is 0 Å². The minimum Gasteiger partial charge on any atom is -0.147 e. The summed E-state index contributed by atoms with van der Waals surface area (Å²) in [5, 5.41) is 26.5. The van der Waals surface area contributed by atoms with Gasteiger partial charge in [0.2, 0.25) is 0 Å². The van der Waals surface area contributed by atoms with Crippen LogP contribution in [0.15, 0.2) is 60.7 Å². The molecule has 2 heterocycles. The largest absolute Gasteiger partial charge is 0.147 e. The molecule has 394 valence electrons. The summed E-state index contributed by atoms with van der Waals surface area (Å²) >= 11 is -1.71. The molecule has 2 N–H and O–H groups in total. The molecular weight excluding hydrogens is 1020 g/mol. The molecule has 10 aliphatic rings. The van der Waals surface area contributed by atoms with E-state index in [0.29, 0.717) is 35.2 Å². The average Bonchev–Trinajstić information content (AvgIpc) is 3.92. The maximum atomic E-state index is 13.2. The van der Waals surface area contributed by atoms with Gasteiger partial charge in [-0.1, -0.05) is 0 Å². The van der Waals surface area contributed by atoms with Crippen molar-refractivity contribution in [1.29, 1.82) is 0 Å². The zero-order valence-corrected chi connectivity index (χ0v) is 50.1. The predicted octanol–water partition coefficient (Wildman–Crippen LogP) is 16.0. The molecule has 2 aliphatic heterocycles. The Kier molecular flexibility index (Phi) is 14.8. The second-order valence-electron chi connectivity index (χ2n) is 26.6. The fourth-order valence-electron chi connectivity index (χ4n) is 18.1. The molecule has 0 amide bonds. The fraction of sp³-hybridized carbons (Fsp3) is 0.625. The Balaban J connectivity index is 0.00000306. The maximum absolute atomic E-state index is 13.2. The number of aryl methyl sites for hydroxylation is 2. The molecule has 2 unspecified atom stereocenters. The van der Waals surface area contributed by atoms with E-state index in [1.807, 2.05) is 0 Å². The predicted molar refractivity (Wildman–Crippen MR) is 306 cm³/mol. The number of nitrogens with zero attached hydrogens (tertiary/aromatic N) is 4. The van der Waals surface area contributed by atoms with Crippen LogP contribution in [0.1, 0.15) is 201 Å². The first-order valence-corrected chi connectivity index (χ1v) is 31.6. The summed E-state index contributed by atoms with van der Waals surface area (Å²) in [5.41, 5.74) is 16.0. The molecule has 6 nitrogen and oxygen atoms in total. The van der Waals surface area contributed by atoms with E-state index in [0.717, 1.165) is 73.1 Å². The van der Waals surface area contributed by atoms with E-state index >= 15 is 0 Å². The molecule has 4 aromatic rings. The molecule has 0 radical (unpaired) electrons. The van der Waals surface area contributed by atoms with Gasteiger partial charge in [-0.3, -0.25) is 0 Å². The average molecular weight is 1110 g/mol. The normalized spacial score (nSPS) is 30.9. The molecule has 14 rings (SSSR count). The van der Waals surface area contributed by atoms with E-state index in [1.165, 1.54) is 133 Å². The number of benzene rings is 4. The van der Waals surface area contributed by atoms with E-state index in [2.05, 4.69) is 150 Å². The second-order valence-corrected chi connectivity index (χ2v) is 30.0. The van der Waals surface area contributed by atoms with Gasteiger partial charge in [0.05, 0.1) is 0 Å². The summed E-state index contributed by atoms with van der Waals surface area (Å²) in [4.78, 5) is 11.2. The molecule has 0 spiro atoms. The van der Waals surface area contributed by atoms with Crippen molar-refractivity contribution < 1.29 is 33.4 Å². The second kappa shape index (κ2) is 20.2. The molecule has 4 aromatic carbocycles. The molecule has 8 bridgehead atoms. The van der Waals surface area contributed by atoms with Gasteiger partial charge in [0, 0.05) is 0 Å². The quantitative estimate of drug-likeness (QED) is 0.147. The zero-order chi connectivity index (χ0) is 49.4. The van der Waals surface area contributed by atoms with E-state index in [-0.39, 0.29) is 43.4 Å². The van der Waals surface area contributed by atoms with Crippen molar-refractivity contribution in [3.63, 3.8) is 0 Å². The SMILES string of the molecule is Cc1cc(N2CCN(c3c(C(C)C)cccc3C(C)C)[CH]2[Zr][CH]2N(c3cc(C)cc(C45CC6CC(CC(C6)C4)C5)c3O)CCN2c2c(C(C)C)cccc2C(C)C)c(O)c(C23CC4CC(CC(C4)C2)C3)c1.Cl.Cl. The molecule has 9 heteroatoms. The van der Waals surface area contributed by atoms with Gasteiger partial charge >= 0.3 is 443 Å². The summed E-state index contributed by atoms with van der Waals surface area (Å²) in [6, 6.07) is 23.8. The minimum atomic E-state index is -1.71. The molecule has 0 aromatic heterocycles. The van der Waals surface area contributed by atoms with Gasteiger partial charge in [0.25, 0.3) is 0 Å². The summed E-state index contributed by atoms with van der Waals surface area (Å²) in [6.45, 7) is 27.3. The maximum Gasteiger partial charge on any atom is -0.147 e. The topological polar surface area (TPSA) is 53.4 Å². The summed E-state index contributed by atoms with van der Waals surface area (Å²) in [6.07, 6.45) is 15.8. The third-order valence-corrected chi connectivity index (χ3v) is 24.7. The van der Waals surface area contributed by atoms with Crippen molar-refractivity contribution in [3.8, 4) is 11.5 Å². The third-order valence-electron chi connectivity index (χ3n) is 20.2. The number of para-hydroxylation sites is 2. The van der Waals surface area contributed by atoms with Gasteiger partial charge in [-0.25, -0.2) is 0 Å².